The molecule has 1 aliphatic rings. The van der Waals surface area contributed by atoms with Gasteiger partial charge in [-0.1, -0.05) is 13.0 Å². The average Bonchev–Trinajstić information content (AvgIpc) is 3.21. The molecule has 2 rings (SSSR count). The van der Waals surface area contributed by atoms with Crippen LogP contribution in [0, 0.1) is 11.7 Å². The van der Waals surface area contributed by atoms with E-state index in [0.717, 1.165) is 31.1 Å². The number of ether oxygens (including phenoxy) is 1. The van der Waals surface area contributed by atoms with Gasteiger partial charge in [-0.25, -0.2) is 9.18 Å². The lowest BCUT2D eigenvalue weighted by Crippen LogP contribution is -2.25. The van der Waals surface area contributed by atoms with Gasteiger partial charge in [-0.15, -0.1) is 0 Å². The highest BCUT2D eigenvalue weighted by molar-refractivity contribution is 5.89. The van der Waals surface area contributed by atoms with Crippen LogP contribution in [0.3, 0.4) is 0 Å². The predicted octanol–water partition coefficient (Wildman–Crippen LogP) is 2.84. The van der Waals surface area contributed by atoms with Crippen molar-refractivity contribution in [2.75, 3.05) is 20.2 Å². The van der Waals surface area contributed by atoms with Crippen molar-refractivity contribution in [3.63, 3.8) is 0 Å². The maximum atomic E-state index is 13.8. The molecular formula is C15H20FNO2. The van der Waals surface area contributed by atoms with Crippen LogP contribution in [0.4, 0.5) is 4.39 Å². The Morgan fingerprint density at radius 2 is 2.21 bits per heavy atom. The number of carbonyl (C=O) groups excluding carboxylic acids is 1. The largest absolute Gasteiger partial charge is 0.465 e. The zero-order valence-corrected chi connectivity index (χ0v) is 11.5. The minimum absolute atomic E-state index is 0.00325. The average molecular weight is 265 g/mol. The third kappa shape index (κ3) is 3.77. The lowest BCUT2D eigenvalue weighted by molar-refractivity contribution is 0.0595. The standard InChI is InChI=1S/C15H20FNO2/c1-3-17(9-11-4-5-11)10-12-6-7-13(14(16)8-12)15(18)19-2/h6-8,11H,3-5,9-10H2,1-2H3. The van der Waals surface area contributed by atoms with E-state index in [1.165, 1.54) is 32.1 Å². The maximum absolute atomic E-state index is 13.8. The highest BCUT2D eigenvalue weighted by Crippen LogP contribution is 2.30. The van der Waals surface area contributed by atoms with Gasteiger partial charge in [-0.2, -0.15) is 0 Å². The monoisotopic (exact) mass is 265 g/mol. The molecule has 0 amide bonds. The summed E-state index contributed by atoms with van der Waals surface area (Å²) in [5, 5.41) is 0. The second-order valence-corrected chi connectivity index (χ2v) is 5.08. The van der Waals surface area contributed by atoms with Crippen molar-refractivity contribution in [1.29, 1.82) is 0 Å². The molecule has 104 valence electrons. The predicted molar refractivity (Wildman–Crippen MR) is 71.4 cm³/mol. The summed E-state index contributed by atoms with van der Waals surface area (Å²) in [4.78, 5) is 13.6. The number of benzene rings is 1. The van der Waals surface area contributed by atoms with Gasteiger partial charge >= 0.3 is 5.97 Å². The van der Waals surface area contributed by atoms with E-state index in [9.17, 15) is 9.18 Å². The van der Waals surface area contributed by atoms with E-state index in [0.29, 0.717) is 0 Å². The molecular weight excluding hydrogens is 245 g/mol. The molecule has 4 heteroatoms. The zero-order chi connectivity index (χ0) is 13.8. The molecule has 0 aliphatic heterocycles. The van der Waals surface area contributed by atoms with Crippen molar-refractivity contribution in [2.45, 2.75) is 26.3 Å². The highest BCUT2D eigenvalue weighted by Gasteiger charge is 2.23. The number of esters is 1. The minimum atomic E-state index is -0.630. The van der Waals surface area contributed by atoms with Gasteiger partial charge in [0.15, 0.2) is 0 Å². The van der Waals surface area contributed by atoms with Crippen LogP contribution in [-0.4, -0.2) is 31.1 Å². The van der Waals surface area contributed by atoms with Gasteiger partial charge in [0, 0.05) is 13.1 Å². The first kappa shape index (κ1) is 14.0. The molecule has 3 nitrogen and oxygen atoms in total. The SMILES string of the molecule is CCN(Cc1ccc(C(=O)OC)c(F)c1)CC1CC1. The molecule has 0 bridgehead atoms. The van der Waals surface area contributed by atoms with Crippen LogP contribution in [0.2, 0.25) is 0 Å². The van der Waals surface area contributed by atoms with Crippen LogP contribution in [0.1, 0.15) is 35.7 Å². The molecule has 0 N–H and O–H groups in total. The van der Waals surface area contributed by atoms with Gasteiger partial charge in [-0.3, -0.25) is 4.90 Å². The Hall–Kier alpha value is -1.42. The Morgan fingerprint density at radius 1 is 1.47 bits per heavy atom. The van der Waals surface area contributed by atoms with E-state index in [2.05, 4.69) is 16.6 Å². The van der Waals surface area contributed by atoms with Crippen LogP contribution >= 0.6 is 0 Å². The van der Waals surface area contributed by atoms with E-state index in [1.807, 2.05) is 0 Å². The molecule has 0 aromatic heterocycles. The van der Waals surface area contributed by atoms with Crippen molar-refractivity contribution >= 4 is 5.97 Å². The van der Waals surface area contributed by atoms with E-state index in [-0.39, 0.29) is 5.56 Å². The molecule has 1 aromatic rings. The lowest BCUT2D eigenvalue weighted by Gasteiger charge is -2.20. The summed E-state index contributed by atoms with van der Waals surface area (Å²) in [7, 11) is 1.25. The summed E-state index contributed by atoms with van der Waals surface area (Å²) in [6.45, 7) is 4.88. The number of nitrogens with zero attached hydrogens (tertiary/aromatic N) is 1. The molecule has 0 heterocycles. The Bertz CT molecular complexity index is 457. The van der Waals surface area contributed by atoms with Crippen LogP contribution in [0.25, 0.3) is 0 Å². The number of rotatable bonds is 6. The number of carbonyl (C=O) groups is 1. The molecule has 1 fully saturated rings. The van der Waals surface area contributed by atoms with E-state index in [4.69, 9.17) is 0 Å². The van der Waals surface area contributed by atoms with Crippen molar-refractivity contribution < 1.29 is 13.9 Å². The van der Waals surface area contributed by atoms with Crippen LogP contribution in [-0.2, 0) is 11.3 Å². The van der Waals surface area contributed by atoms with E-state index in [1.54, 1.807) is 6.07 Å². The van der Waals surface area contributed by atoms with Crippen molar-refractivity contribution in [3.05, 3.63) is 35.1 Å². The molecule has 0 saturated heterocycles. The fourth-order valence-corrected chi connectivity index (χ4v) is 2.16. The number of methoxy groups -OCH3 is 1. The summed E-state index contributed by atoms with van der Waals surface area (Å²) in [6.07, 6.45) is 2.62. The highest BCUT2D eigenvalue weighted by atomic mass is 19.1. The third-order valence-corrected chi connectivity index (χ3v) is 3.51. The van der Waals surface area contributed by atoms with Crippen molar-refractivity contribution in [1.82, 2.24) is 4.90 Å². The van der Waals surface area contributed by atoms with E-state index < -0.39 is 11.8 Å². The first-order valence-electron chi connectivity index (χ1n) is 6.73. The third-order valence-electron chi connectivity index (χ3n) is 3.51. The smallest absolute Gasteiger partial charge is 0.340 e. The first-order valence-corrected chi connectivity index (χ1v) is 6.73. The number of halogens is 1. The van der Waals surface area contributed by atoms with Gasteiger partial charge in [0.1, 0.15) is 5.82 Å². The summed E-state index contributed by atoms with van der Waals surface area (Å²) in [5.74, 6) is -0.319. The Kier molecular flexibility index (Phi) is 4.53. The Morgan fingerprint density at radius 3 is 2.74 bits per heavy atom. The first-order chi connectivity index (χ1) is 9.13. The van der Waals surface area contributed by atoms with Gasteiger partial charge in [0.2, 0.25) is 0 Å². The quantitative estimate of drug-likeness (QED) is 0.741. The van der Waals surface area contributed by atoms with Crippen molar-refractivity contribution in [2.24, 2.45) is 5.92 Å². The van der Waals surface area contributed by atoms with Crippen LogP contribution in [0.15, 0.2) is 18.2 Å². The normalized spacial score (nSPS) is 14.7. The van der Waals surface area contributed by atoms with Crippen LogP contribution < -0.4 is 0 Å². The van der Waals surface area contributed by atoms with Crippen molar-refractivity contribution in [3.8, 4) is 0 Å². The minimum Gasteiger partial charge on any atom is -0.465 e. The van der Waals surface area contributed by atoms with Crippen LogP contribution in [0.5, 0.6) is 0 Å². The van der Waals surface area contributed by atoms with Gasteiger partial charge < -0.3 is 4.74 Å². The van der Waals surface area contributed by atoms with Gasteiger partial charge in [-0.05, 0) is 43.0 Å². The fourth-order valence-electron chi connectivity index (χ4n) is 2.16. The summed E-state index contributed by atoms with van der Waals surface area (Å²) in [5.41, 5.74) is 0.893. The molecule has 1 aromatic carbocycles. The topological polar surface area (TPSA) is 29.5 Å². The van der Waals surface area contributed by atoms with Gasteiger partial charge in [0.05, 0.1) is 12.7 Å². The second-order valence-electron chi connectivity index (χ2n) is 5.08. The molecule has 0 unspecified atom stereocenters. The fraction of sp³-hybridized carbons (Fsp3) is 0.533. The molecule has 19 heavy (non-hydrogen) atoms. The zero-order valence-electron chi connectivity index (χ0n) is 11.5. The number of hydrogen-bond acceptors (Lipinski definition) is 3. The lowest BCUT2D eigenvalue weighted by atomic mass is 10.1. The molecule has 1 saturated carbocycles. The Labute approximate surface area is 113 Å². The van der Waals surface area contributed by atoms with Gasteiger partial charge in [0.25, 0.3) is 0 Å². The summed E-state index contributed by atoms with van der Waals surface area (Å²) < 4.78 is 18.3. The van der Waals surface area contributed by atoms with E-state index >= 15 is 0 Å². The second kappa shape index (κ2) is 6.15. The Balaban J connectivity index is 2.03. The summed E-state index contributed by atoms with van der Waals surface area (Å²) in [6, 6.07) is 4.73. The molecule has 0 atom stereocenters. The maximum Gasteiger partial charge on any atom is 0.340 e. The molecule has 1 aliphatic carbocycles. The summed E-state index contributed by atoms with van der Waals surface area (Å²) >= 11 is 0. The molecule has 0 radical (unpaired) electrons. The molecule has 0 spiro atoms. The number of hydrogen-bond donors (Lipinski definition) is 0.